The Bertz CT molecular complexity index is 315. The van der Waals surface area contributed by atoms with Gasteiger partial charge in [-0.25, -0.2) is 0 Å². The molecule has 0 saturated heterocycles. The van der Waals surface area contributed by atoms with Crippen LogP contribution in [0.1, 0.15) is 77.6 Å². The molecule has 2 saturated carbocycles. The first-order chi connectivity index (χ1) is 10.7. The van der Waals surface area contributed by atoms with Gasteiger partial charge in [0, 0.05) is 24.8 Å². The molecule has 128 valence electrons. The summed E-state index contributed by atoms with van der Waals surface area (Å²) in [6, 6.07) is 0. The van der Waals surface area contributed by atoms with Crippen LogP contribution in [0.2, 0.25) is 0 Å². The summed E-state index contributed by atoms with van der Waals surface area (Å²) in [5, 5.41) is 0. The molecule has 0 spiro atoms. The number of ether oxygens (including phenoxy) is 1. The van der Waals surface area contributed by atoms with Gasteiger partial charge in [-0.15, -0.1) is 11.6 Å². The monoisotopic (exact) mass is 328 g/mol. The summed E-state index contributed by atoms with van der Waals surface area (Å²) in [7, 11) is 0. The fraction of sp³-hybridized carbons (Fsp3) is 0.947. The maximum atomic E-state index is 11.7. The highest BCUT2D eigenvalue weighted by molar-refractivity contribution is 6.17. The van der Waals surface area contributed by atoms with E-state index in [4.69, 9.17) is 16.3 Å². The molecule has 0 aromatic heterocycles. The van der Waals surface area contributed by atoms with Gasteiger partial charge in [-0.1, -0.05) is 19.8 Å². The SMILES string of the molecule is CCC(=O)C1CCC(OC[C@H]2CC[C@H](CCCCl)CC2)CC1. The highest BCUT2D eigenvalue weighted by Crippen LogP contribution is 2.33. The number of carbonyl (C=O) groups excluding carboxylic acids is 1. The predicted molar refractivity (Wildman–Crippen MR) is 92.4 cm³/mol. The molecule has 0 radical (unpaired) electrons. The van der Waals surface area contributed by atoms with E-state index < -0.39 is 0 Å². The van der Waals surface area contributed by atoms with E-state index in [2.05, 4.69) is 0 Å². The lowest BCUT2D eigenvalue weighted by Gasteiger charge is -2.32. The lowest BCUT2D eigenvalue weighted by atomic mass is 9.80. The van der Waals surface area contributed by atoms with Crippen LogP contribution >= 0.6 is 11.6 Å². The zero-order valence-corrected chi connectivity index (χ0v) is 15.0. The molecular weight excluding hydrogens is 296 g/mol. The van der Waals surface area contributed by atoms with Crippen molar-refractivity contribution in [1.29, 1.82) is 0 Å². The van der Waals surface area contributed by atoms with Crippen LogP contribution in [0.15, 0.2) is 0 Å². The van der Waals surface area contributed by atoms with Gasteiger partial charge in [0.25, 0.3) is 0 Å². The Morgan fingerprint density at radius 1 is 1.00 bits per heavy atom. The molecule has 0 amide bonds. The van der Waals surface area contributed by atoms with Crippen molar-refractivity contribution in [1.82, 2.24) is 0 Å². The lowest BCUT2D eigenvalue weighted by Crippen LogP contribution is -2.28. The Hall–Kier alpha value is -0.0800. The molecule has 3 heteroatoms. The van der Waals surface area contributed by atoms with Crippen molar-refractivity contribution in [2.45, 2.75) is 83.7 Å². The van der Waals surface area contributed by atoms with E-state index in [1.165, 1.54) is 38.5 Å². The standard InChI is InChI=1S/C19H33ClO2/c1-2-19(21)17-9-11-18(12-10-17)22-14-16-7-5-15(6-8-16)4-3-13-20/h15-18H,2-14H2,1H3/t15-,16-,17?,18?. The van der Waals surface area contributed by atoms with Crippen molar-refractivity contribution >= 4 is 17.4 Å². The summed E-state index contributed by atoms with van der Waals surface area (Å²) in [5.74, 6) is 3.26. The fourth-order valence-electron chi connectivity index (χ4n) is 4.16. The minimum Gasteiger partial charge on any atom is -0.378 e. The molecular formula is C19H33ClO2. The van der Waals surface area contributed by atoms with E-state index in [1.807, 2.05) is 6.92 Å². The van der Waals surface area contributed by atoms with E-state index in [0.717, 1.165) is 50.0 Å². The van der Waals surface area contributed by atoms with Crippen molar-refractivity contribution in [2.75, 3.05) is 12.5 Å². The third-order valence-electron chi connectivity index (χ3n) is 5.76. The highest BCUT2D eigenvalue weighted by atomic mass is 35.5. The largest absolute Gasteiger partial charge is 0.378 e. The summed E-state index contributed by atoms with van der Waals surface area (Å²) in [4.78, 5) is 11.7. The number of alkyl halides is 1. The summed E-state index contributed by atoms with van der Waals surface area (Å²) in [6.07, 6.45) is 13.2. The van der Waals surface area contributed by atoms with Crippen molar-refractivity contribution in [3.05, 3.63) is 0 Å². The zero-order valence-electron chi connectivity index (χ0n) is 14.2. The lowest BCUT2D eigenvalue weighted by molar-refractivity contribution is -0.124. The third kappa shape index (κ3) is 5.85. The average molecular weight is 329 g/mol. The van der Waals surface area contributed by atoms with E-state index in [0.29, 0.717) is 24.2 Å². The second-order valence-electron chi connectivity index (χ2n) is 7.34. The van der Waals surface area contributed by atoms with Gasteiger partial charge in [0.1, 0.15) is 5.78 Å². The van der Waals surface area contributed by atoms with Gasteiger partial charge in [0.15, 0.2) is 0 Å². The molecule has 2 fully saturated rings. The Balaban J connectivity index is 1.57. The molecule has 22 heavy (non-hydrogen) atoms. The number of hydrogen-bond donors (Lipinski definition) is 0. The van der Waals surface area contributed by atoms with Gasteiger partial charge in [-0.05, 0) is 63.2 Å². The smallest absolute Gasteiger partial charge is 0.135 e. The van der Waals surface area contributed by atoms with Crippen LogP contribution in [0.3, 0.4) is 0 Å². The first-order valence-corrected chi connectivity index (χ1v) is 9.96. The van der Waals surface area contributed by atoms with Crippen LogP contribution in [0, 0.1) is 17.8 Å². The number of rotatable bonds is 8. The van der Waals surface area contributed by atoms with Gasteiger partial charge < -0.3 is 4.74 Å². The summed E-state index contributed by atoms with van der Waals surface area (Å²) in [5.41, 5.74) is 0. The fourth-order valence-corrected chi connectivity index (χ4v) is 4.32. The minimum absolute atomic E-state index is 0.322. The van der Waals surface area contributed by atoms with E-state index in [9.17, 15) is 4.79 Å². The van der Waals surface area contributed by atoms with Crippen molar-refractivity contribution < 1.29 is 9.53 Å². The van der Waals surface area contributed by atoms with Crippen LogP contribution in [-0.2, 0) is 9.53 Å². The molecule has 0 heterocycles. The van der Waals surface area contributed by atoms with E-state index >= 15 is 0 Å². The van der Waals surface area contributed by atoms with E-state index in [1.54, 1.807) is 0 Å². The molecule has 0 aromatic rings. The van der Waals surface area contributed by atoms with Crippen molar-refractivity contribution in [3.63, 3.8) is 0 Å². The zero-order chi connectivity index (χ0) is 15.8. The molecule has 0 aliphatic heterocycles. The molecule has 0 bridgehead atoms. The molecule has 2 nitrogen and oxygen atoms in total. The molecule has 0 N–H and O–H groups in total. The Kier molecular flexibility index (Phi) is 8.24. The van der Waals surface area contributed by atoms with Gasteiger partial charge >= 0.3 is 0 Å². The van der Waals surface area contributed by atoms with Gasteiger partial charge in [-0.2, -0.15) is 0 Å². The maximum absolute atomic E-state index is 11.7. The maximum Gasteiger partial charge on any atom is 0.135 e. The topological polar surface area (TPSA) is 26.3 Å². The Morgan fingerprint density at radius 2 is 1.64 bits per heavy atom. The van der Waals surface area contributed by atoms with Crippen molar-refractivity contribution in [2.24, 2.45) is 17.8 Å². The first-order valence-electron chi connectivity index (χ1n) is 9.43. The van der Waals surface area contributed by atoms with Gasteiger partial charge in [0.05, 0.1) is 6.10 Å². The number of carbonyl (C=O) groups is 1. The quantitative estimate of drug-likeness (QED) is 0.560. The highest BCUT2D eigenvalue weighted by Gasteiger charge is 2.27. The van der Waals surface area contributed by atoms with E-state index in [-0.39, 0.29) is 0 Å². The summed E-state index contributed by atoms with van der Waals surface area (Å²) in [6.45, 7) is 2.92. The second-order valence-corrected chi connectivity index (χ2v) is 7.72. The Labute approximate surface area is 141 Å². The summed E-state index contributed by atoms with van der Waals surface area (Å²) >= 11 is 5.78. The predicted octanol–water partition coefficient (Wildman–Crippen LogP) is 5.37. The van der Waals surface area contributed by atoms with Crippen LogP contribution in [0.4, 0.5) is 0 Å². The van der Waals surface area contributed by atoms with Crippen LogP contribution in [-0.4, -0.2) is 24.4 Å². The van der Waals surface area contributed by atoms with Crippen LogP contribution in [0.25, 0.3) is 0 Å². The number of Topliss-reactive ketones (excluding diaryl/α,β-unsaturated/α-hetero) is 1. The van der Waals surface area contributed by atoms with Crippen LogP contribution < -0.4 is 0 Å². The molecule has 2 aliphatic carbocycles. The van der Waals surface area contributed by atoms with Crippen LogP contribution in [0.5, 0.6) is 0 Å². The second kappa shape index (κ2) is 9.93. The van der Waals surface area contributed by atoms with Crippen molar-refractivity contribution in [3.8, 4) is 0 Å². The third-order valence-corrected chi connectivity index (χ3v) is 6.03. The number of halogens is 1. The average Bonchev–Trinajstić information content (AvgIpc) is 2.58. The summed E-state index contributed by atoms with van der Waals surface area (Å²) < 4.78 is 6.17. The number of ketones is 1. The molecule has 2 rings (SSSR count). The molecule has 2 aliphatic rings. The Morgan fingerprint density at radius 3 is 2.23 bits per heavy atom. The normalized spacial score (nSPS) is 32.8. The van der Waals surface area contributed by atoms with Gasteiger partial charge in [-0.3, -0.25) is 4.79 Å². The minimum atomic E-state index is 0.322. The molecule has 0 unspecified atom stereocenters. The molecule has 0 aromatic carbocycles. The van der Waals surface area contributed by atoms with Gasteiger partial charge in [0.2, 0.25) is 0 Å². The number of hydrogen-bond acceptors (Lipinski definition) is 2. The molecule has 0 atom stereocenters. The first kappa shape index (κ1) is 18.3.